The molecule has 1 aliphatic heterocycles. The lowest BCUT2D eigenvalue weighted by Gasteiger charge is -2.30. The van der Waals surface area contributed by atoms with Crippen LogP contribution in [0.2, 0.25) is 0 Å². The molecule has 1 N–H and O–H groups in total. The summed E-state index contributed by atoms with van der Waals surface area (Å²) in [5.41, 5.74) is 5.19. The maximum atomic E-state index is 5.41. The zero-order valence-corrected chi connectivity index (χ0v) is 17.3. The number of hydrazone groups is 1. The fourth-order valence-electron chi connectivity index (χ4n) is 3.37. The molecule has 0 atom stereocenters. The molecule has 5 heteroatoms. The molecule has 2 aromatic carbocycles. The maximum Gasteiger partial charge on any atom is 0.127 e. The minimum absolute atomic E-state index is 0.844. The summed E-state index contributed by atoms with van der Waals surface area (Å²) in [5.74, 6) is 0.844. The van der Waals surface area contributed by atoms with Crippen LogP contribution in [0.25, 0.3) is 0 Å². The van der Waals surface area contributed by atoms with E-state index in [1.165, 1.54) is 16.7 Å². The van der Waals surface area contributed by atoms with Gasteiger partial charge in [0.2, 0.25) is 0 Å². The summed E-state index contributed by atoms with van der Waals surface area (Å²) in [5, 5.41) is 6.83. The van der Waals surface area contributed by atoms with Crippen LogP contribution in [-0.4, -0.2) is 44.5 Å². The number of hydrogen-bond donors (Lipinski definition) is 1. The van der Waals surface area contributed by atoms with Crippen LogP contribution >= 0.6 is 15.9 Å². The zero-order chi connectivity index (χ0) is 18.5. The monoisotopic (exact) mass is 416 g/mol. The number of nitrogens with one attached hydrogen (secondary N) is 1. The summed E-state index contributed by atoms with van der Waals surface area (Å²) in [6.07, 6.45) is 1.90. The van der Waals surface area contributed by atoms with Gasteiger partial charge in [0.25, 0.3) is 0 Å². The third-order valence-electron chi connectivity index (χ3n) is 4.94. The van der Waals surface area contributed by atoms with Crippen molar-refractivity contribution in [3.8, 4) is 5.75 Å². The van der Waals surface area contributed by atoms with Gasteiger partial charge in [0.15, 0.2) is 0 Å². The first-order chi connectivity index (χ1) is 12.5. The maximum absolute atomic E-state index is 5.41. The number of piperazine rings is 1. The number of aryl methyl sites for hydroxylation is 2. The number of rotatable bonds is 5. The lowest BCUT2D eigenvalue weighted by atomic mass is 10.1. The van der Waals surface area contributed by atoms with Crippen molar-refractivity contribution in [3.05, 3.63) is 63.1 Å². The molecule has 0 aromatic heterocycles. The molecular formula is C21H27BrN3O+. The van der Waals surface area contributed by atoms with E-state index in [2.05, 4.69) is 58.1 Å². The van der Waals surface area contributed by atoms with Gasteiger partial charge in [0, 0.05) is 15.6 Å². The number of quaternary nitrogens is 1. The Hall–Kier alpha value is -1.85. The van der Waals surface area contributed by atoms with Crippen molar-refractivity contribution in [1.82, 2.24) is 5.01 Å². The third-order valence-corrected chi connectivity index (χ3v) is 5.43. The summed E-state index contributed by atoms with van der Waals surface area (Å²) in [6.45, 7) is 9.65. The van der Waals surface area contributed by atoms with Gasteiger partial charge in [-0.3, -0.25) is 5.01 Å². The minimum Gasteiger partial charge on any atom is -0.496 e. The first-order valence-corrected chi connectivity index (χ1v) is 9.86. The number of hydrogen-bond acceptors (Lipinski definition) is 3. The summed E-state index contributed by atoms with van der Waals surface area (Å²) >= 11 is 3.51. The molecule has 1 saturated heterocycles. The molecule has 0 radical (unpaired) electrons. The highest BCUT2D eigenvalue weighted by atomic mass is 79.9. The highest BCUT2D eigenvalue weighted by molar-refractivity contribution is 9.10. The molecule has 0 aliphatic carbocycles. The van der Waals surface area contributed by atoms with Crippen molar-refractivity contribution in [2.45, 2.75) is 20.4 Å². The van der Waals surface area contributed by atoms with Crippen molar-refractivity contribution in [2.75, 3.05) is 33.3 Å². The number of halogens is 1. The lowest BCUT2D eigenvalue weighted by Crippen LogP contribution is -3.13. The summed E-state index contributed by atoms with van der Waals surface area (Å²) in [4.78, 5) is 1.63. The van der Waals surface area contributed by atoms with Crippen molar-refractivity contribution in [2.24, 2.45) is 5.10 Å². The molecule has 1 heterocycles. The number of benzene rings is 2. The van der Waals surface area contributed by atoms with Crippen LogP contribution in [0.3, 0.4) is 0 Å². The molecule has 0 unspecified atom stereocenters. The van der Waals surface area contributed by atoms with Crippen molar-refractivity contribution >= 4 is 22.1 Å². The quantitative estimate of drug-likeness (QED) is 0.759. The smallest absolute Gasteiger partial charge is 0.127 e. The standard InChI is InChI=1S/C21H26BrN3O/c1-16-4-5-18(17(2)12-16)15-24-8-10-25(11-9-24)23-14-19-13-20(22)6-7-21(19)26-3/h4-7,12-14H,8-11,15H2,1-3H3/p+1/b23-14-. The minimum atomic E-state index is 0.844. The van der Waals surface area contributed by atoms with Crippen LogP contribution in [0.15, 0.2) is 46.0 Å². The largest absolute Gasteiger partial charge is 0.496 e. The third kappa shape index (κ3) is 4.86. The molecule has 0 spiro atoms. The van der Waals surface area contributed by atoms with E-state index >= 15 is 0 Å². The number of methoxy groups -OCH3 is 1. The van der Waals surface area contributed by atoms with E-state index in [-0.39, 0.29) is 0 Å². The van der Waals surface area contributed by atoms with Crippen molar-refractivity contribution in [1.29, 1.82) is 0 Å². The molecule has 4 nitrogen and oxygen atoms in total. The molecular weight excluding hydrogens is 390 g/mol. The first-order valence-electron chi connectivity index (χ1n) is 9.07. The molecule has 0 saturated carbocycles. The topological polar surface area (TPSA) is 29.3 Å². The number of ether oxygens (including phenoxy) is 1. The van der Waals surface area contributed by atoms with Crippen LogP contribution < -0.4 is 9.64 Å². The highest BCUT2D eigenvalue weighted by Crippen LogP contribution is 2.21. The van der Waals surface area contributed by atoms with Gasteiger partial charge < -0.3 is 9.64 Å². The Labute approximate surface area is 164 Å². The van der Waals surface area contributed by atoms with Gasteiger partial charge in [0.05, 0.1) is 39.5 Å². The predicted molar refractivity (Wildman–Crippen MR) is 110 cm³/mol. The van der Waals surface area contributed by atoms with Crippen LogP contribution in [-0.2, 0) is 6.54 Å². The van der Waals surface area contributed by atoms with Crippen LogP contribution in [0.4, 0.5) is 0 Å². The molecule has 26 heavy (non-hydrogen) atoms. The summed E-state index contributed by atoms with van der Waals surface area (Å²) in [7, 11) is 1.69. The Balaban J connectivity index is 1.56. The number of nitrogens with zero attached hydrogens (tertiary/aromatic N) is 2. The molecule has 3 rings (SSSR count). The average molecular weight is 417 g/mol. The van der Waals surface area contributed by atoms with Gasteiger partial charge in [-0.15, -0.1) is 0 Å². The molecule has 0 amide bonds. The van der Waals surface area contributed by atoms with Gasteiger partial charge in [-0.05, 0) is 37.6 Å². The Morgan fingerprint density at radius 1 is 1.15 bits per heavy atom. The molecule has 0 bridgehead atoms. The van der Waals surface area contributed by atoms with Crippen LogP contribution in [0.5, 0.6) is 5.75 Å². The van der Waals surface area contributed by atoms with Gasteiger partial charge in [-0.1, -0.05) is 39.7 Å². The molecule has 2 aromatic rings. The Kier molecular flexibility index (Phi) is 6.33. The summed E-state index contributed by atoms with van der Waals surface area (Å²) in [6, 6.07) is 12.7. The second-order valence-electron chi connectivity index (χ2n) is 6.94. The van der Waals surface area contributed by atoms with E-state index in [1.54, 1.807) is 12.0 Å². The molecule has 1 fully saturated rings. The fraction of sp³-hybridized carbons (Fsp3) is 0.381. The normalized spacial score (nSPS) is 15.6. The van der Waals surface area contributed by atoms with Gasteiger partial charge in [-0.2, -0.15) is 5.10 Å². The second-order valence-corrected chi connectivity index (χ2v) is 7.86. The molecule has 138 valence electrons. The van der Waals surface area contributed by atoms with E-state index in [0.717, 1.165) is 48.5 Å². The van der Waals surface area contributed by atoms with Crippen LogP contribution in [0, 0.1) is 13.8 Å². The fourth-order valence-corrected chi connectivity index (χ4v) is 3.75. The average Bonchev–Trinajstić information content (AvgIpc) is 2.63. The SMILES string of the molecule is COc1ccc(Br)cc1/C=N\N1CC[NH+](Cc2ccc(C)cc2C)CC1. The van der Waals surface area contributed by atoms with E-state index in [1.807, 2.05) is 24.4 Å². The second kappa shape index (κ2) is 8.69. The van der Waals surface area contributed by atoms with E-state index in [9.17, 15) is 0 Å². The summed E-state index contributed by atoms with van der Waals surface area (Å²) < 4.78 is 6.44. The van der Waals surface area contributed by atoms with Crippen molar-refractivity contribution in [3.63, 3.8) is 0 Å². The molecule has 1 aliphatic rings. The Morgan fingerprint density at radius 2 is 1.92 bits per heavy atom. The zero-order valence-electron chi connectivity index (χ0n) is 15.8. The Morgan fingerprint density at radius 3 is 2.62 bits per heavy atom. The van der Waals surface area contributed by atoms with Crippen molar-refractivity contribution < 1.29 is 9.64 Å². The lowest BCUT2D eigenvalue weighted by molar-refractivity contribution is -0.918. The van der Waals surface area contributed by atoms with E-state index < -0.39 is 0 Å². The van der Waals surface area contributed by atoms with Gasteiger partial charge >= 0.3 is 0 Å². The highest BCUT2D eigenvalue weighted by Gasteiger charge is 2.19. The van der Waals surface area contributed by atoms with Crippen LogP contribution in [0.1, 0.15) is 22.3 Å². The van der Waals surface area contributed by atoms with Gasteiger partial charge in [0.1, 0.15) is 12.3 Å². The predicted octanol–water partition coefficient (Wildman–Crippen LogP) is 2.81. The van der Waals surface area contributed by atoms with Gasteiger partial charge in [-0.25, -0.2) is 0 Å². The first kappa shape index (κ1) is 18.9. The van der Waals surface area contributed by atoms with E-state index in [4.69, 9.17) is 4.74 Å². The van der Waals surface area contributed by atoms with E-state index in [0.29, 0.717) is 0 Å². The Bertz CT molecular complexity index is 783.